The number of benzene rings is 3. The molecule has 0 aromatic heterocycles. The van der Waals surface area contributed by atoms with E-state index in [0.29, 0.717) is 5.56 Å². The summed E-state index contributed by atoms with van der Waals surface area (Å²) in [4.78, 5) is 20.1. The van der Waals surface area contributed by atoms with Gasteiger partial charge in [0.2, 0.25) is 0 Å². The van der Waals surface area contributed by atoms with Gasteiger partial charge in [-0.15, -0.1) is 0 Å². The number of carbonyl (C=O) groups excluding carboxylic acids is 1. The zero-order valence-electron chi connectivity index (χ0n) is 22.9. The van der Waals surface area contributed by atoms with Crippen molar-refractivity contribution < 1.29 is 4.79 Å². The highest BCUT2D eigenvalue weighted by atomic mass is 16.1. The number of likely N-dealkylation sites (N-methyl/N-ethyl adjacent to an activating group) is 2. The van der Waals surface area contributed by atoms with Gasteiger partial charge in [0.15, 0.2) is 5.78 Å². The Labute approximate surface area is 222 Å². The number of hydrogen-bond acceptors (Lipinski definition) is 5. The van der Waals surface area contributed by atoms with Gasteiger partial charge in [-0.2, -0.15) is 0 Å². The van der Waals surface area contributed by atoms with Crippen LogP contribution in [0, 0.1) is 13.8 Å². The van der Waals surface area contributed by atoms with Crippen LogP contribution >= 0.6 is 0 Å². The van der Waals surface area contributed by atoms with E-state index >= 15 is 0 Å². The molecule has 3 aromatic carbocycles. The second kappa shape index (κ2) is 12.2. The minimum absolute atomic E-state index is 0.0115. The van der Waals surface area contributed by atoms with E-state index in [1.165, 1.54) is 27.9 Å². The van der Waals surface area contributed by atoms with E-state index in [0.717, 1.165) is 50.5 Å². The summed E-state index contributed by atoms with van der Waals surface area (Å²) in [6, 6.07) is 21.1. The summed E-state index contributed by atoms with van der Waals surface area (Å²) in [5.74, 6) is 0.0115. The normalized spacial score (nSPS) is 14.5. The molecule has 0 spiro atoms. The minimum atomic E-state index is 0.0115. The summed E-state index contributed by atoms with van der Waals surface area (Å²) in [7, 11) is 6.28. The third-order valence-corrected chi connectivity index (χ3v) is 6.88. The highest BCUT2D eigenvalue weighted by molar-refractivity contribution is 6.07. The first kappa shape index (κ1) is 26.6. The van der Waals surface area contributed by atoms with Gasteiger partial charge in [0.1, 0.15) is 0 Å². The molecule has 0 amide bonds. The molecule has 4 rings (SSSR count). The molecule has 0 bridgehead atoms. The third kappa shape index (κ3) is 7.31. The molecular weight excluding hydrogens is 456 g/mol. The lowest BCUT2D eigenvalue weighted by molar-refractivity contribution is 0.104. The fourth-order valence-electron chi connectivity index (χ4n) is 4.81. The molecule has 0 unspecified atom stereocenters. The molecule has 1 aliphatic heterocycles. The average Bonchev–Trinajstić information content (AvgIpc) is 2.87. The summed E-state index contributed by atoms with van der Waals surface area (Å²) >= 11 is 0. The number of ketones is 1. The average molecular weight is 497 g/mol. The zero-order chi connectivity index (χ0) is 26.4. The third-order valence-electron chi connectivity index (χ3n) is 6.88. The first-order chi connectivity index (χ1) is 17.8. The highest BCUT2D eigenvalue weighted by Crippen LogP contribution is 2.30. The SMILES string of the molecule is Cc1cc(C)cc(-c2ccc(N3CCN(C)CC3)c(C=CC(=O)c3cccc(NCCN(C)C)c3)c2)c1. The Balaban J connectivity index is 1.61. The molecule has 194 valence electrons. The van der Waals surface area contributed by atoms with Gasteiger partial charge in [-0.05, 0) is 88.1 Å². The predicted molar refractivity (Wildman–Crippen MR) is 158 cm³/mol. The van der Waals surface area contributed by atoms with Crippen LogP contribution in [0.4, 0.5) is 11.4 Å². The summed E-state index contributed by atoms with van der Waals surface area (Å²) in [6.45, 7) is 10.1. The summed E-state index contributed by atoms with van der Waals surface area (Å²) < 4.78 is 0. The second-order valence-electron chi connectivity index (χ2n) is 10.4. The van der Waals surface area contributed by atoms with Crippen molar-refractivity contribution in [3.05, 3.63) is 89.0 Å². The molecular formula is C32H40N4O. The Morgan fingerprint density at radius 2 is 1.65 bits per heavy atom. The van der Waals surface area contributed by atoms with Crippen molar-refractivity contribution in [2.75, 3.05) is 70.6 Å². The van der Waals surface area contributed by atoms with Crippen LogP contribution in [-0.2, 0) is 0 Å². The first-order valence-corrected chi connectivity index (χ1v) is 13.2. The maximum absolute atomic E-state index is 13.2. The van der Waals surface area contributed by atoms with Crippen molar-refractivity contribution in [2.45, 2.75) is 13.8 Å². The van der Waals surface area contributed by atoms with Crippen LogP contribution in [0.15, 0.2) is 66.7 Å². The van der Waals surface area contributed by atoms with Gasteiger partial charge in [-0.25, -0.2) is 0 Å². The minimum Gasteiger partial charge on any atom is -0.384 e. The van der Waals surface area contributed by atoms with E-state index < -0.39 is 0 Å². The van der Waals surface area contributed by atoms with Crippen LogP contribution in [-0.4, -0.2) is 76.0 Å². The summed E-state index contributed by atoms with van der Waals surface area (Å²) in [5, 5.41) is 3.41. The lowest BCUT2D eigenvalue weighted by atomic mass is 9.97. The predicted octanol–water partition coefficient (Wildman–Crippen LogP) is 5.59. The maximum Gasteiger partial charge on any atom is 0.185 e. The molecule has 5 heteroatoms. The molecule has 0 radical (unpaired) electrons. The number of rotatable bonds is 9. The van der Waals surface area contributed by atoms with Gasteiger partial charge in [-0.1, -0.05) is 47.5 Å². The van der Waals surface area contributed by atoms with Crippen molar-refractivity contribution in [3.63, 3.8) is 0 Å². The molecule has 1 aliphatic rings. The molecule has 37 heavy (non-hydrogen) atoms. The monoisotopic (exact) mass is 496 g/mol. The van der Waals surface area contributed by atoms with Crippen molar-refractivity contribution in [1.82, 2.24) is 9.80 Å². The van der Waals surface area contributed by atoms with Crippen molar-refractivity contribution in [1.29, 1.82) is 0 Å². The Bertz CT molecular complexity index is 1240. The van der Waals surface area contributed by atoms with Crippen LogP contribution < -0.4 is 10.2 Å². The Hall–Kier alpha value is -3.41. The number of nitrogens with one attached hydrogen (secondary N) is 1. The fraction of sp³-hybridized carbons (Fsp3) is 0.344. The lowest BCUT2D eigenvalue weighted by Gasteiger charge is -2.35. The topological polar surface area (TPSA) is 38.8 Å². The molecule has 1 saturated heterocycles. The van der Waals surface area contributed by atoms with Crippen LogP contribution in [0.1, 0.15) is 27.0 Å². The number of allylic oxidation sites excluding steroid dienone is 1. The van der Waals surface area contributed by atoms with Crippen LogP contribution in [0.5, 0.6) is 0 Å². The fourth-order valence-corrected chi connectivity index (χ4v) is 4.81. The molecule has 1 fully saturated rings. The molecule has 5 nitrogen and oxygen atoms in total. The molecule has 0 atom stereocenters. The van der Waals surface area contributed by atoms with E-state index in [-0.39, 0.29) is 5.78 Å². The molecule has 1 N–H and O–H groups in total. The van der Waals surface area contributed by atoms with Crippen molar-refractivity contribution in [3.8, 4) is 11.1 Å². The molecule has 1 heterocycles. The number of aryl methyl sites for hydroxylation is 2. The lowest BCUT2D eigenvalue weighted by Crippen LogP contribution is -2.44. The van der Waals surface area contributed by atoms with Gasteiger partial charge < -0.3 is 20.0 Å². The number of hydrogen-bond donors (Lipinski definition) is 1. The number of nitrogens with zero attached hydrogens (tertiary/aromatic N) is 3. The van der Waals surface area contributed by atoms with E-state index in [1.54, 1.807) is 6.08 Å². The quantitative estimate of drug-likeness (QED) is 0.309. The Morgan fingerprint density at radius 3 is 2.35 bits per heavy atom. The van der Waals surface area contributed by atoms with E-state index in [1.807, 2.05) is 30.3 Å². The Morgan fingerprint density at radius 1 is 0.919 bits per heavy atom. The standard InChI is InChI=1S/C32H40N4O/c1-24-19-25(2)21-29(20-24)26-9-11-31(36-17-15-35(5)16-18-36)27(22-26)10-12-32(37)28-7-6-8-30(23-28)33-13-14-34(3)4/h6-12,19-23,33H,13-18H2,1-5H3. The number of anilines is 2. The smallest absolute Gasteiger partial charge is 0.185 e. The molecule has 0 saturated carbocycles. The van der Waals surface area contributed by atoms with E-state index in [9.17, 15) is 4.79 Å². The first-order valence-electron chi connectivity index (χ1n) is 13.2. The van der Waals surface area contributed by atoms with Crippen LogP contribution in [0.2, 0.25) is 0 Å². The van der Waals surface area contributed by atoms with Crippen molar-refractivity contribution >= 4 is 23.2 Å². The van der Waals surface area contributed by atoms with Gasteiger partial charge in [0.25, 0.3) is 0 Å². The van der Waals surface area contributed by atoms with Gasteiger partial charge in [0, 0.05) is 56.2 Å². The summed E-state index contributed by atoms with van der Waals surface area (Å²) in [6.07, 6.45) is 3.72. The van der Waals surface area contributed by atoms with Crippen LogP contribution in [0.3, 0.4) is 0 Å². The number of piperazine rings is 1. The van der Waals surface area contributed by atoms with E-state index in [4.69, 9.17) is 0 Å². The summed E-state index contributed by atoms with van der Waals surface area (Å²) in [5.41, 5.74) is 8.81. The van der Waals surface area contributed by atoms with Gasteiger partial charge in [0.05, 0.1) is 0 Å². The van der Waals surface area contributed by atoms with Gasteiger partial charge in [-0.3, -0.25) is 4.79 Å². The van der Waals surface area contributed by atoms with E-state index in [2.05, 4.69) is 91.4 Å². The molecule has 0 aliphatic carbocycles. The molecule has 3 aromatic rings. The van der Waals surface area contributed by atoms with Crippen molar-refractivity contribution in [2.24, 2.45) is 0 Å². The second-order valence-corrected chi connectivity index (χ2v) is 10.4. The van der Waals surface area contributed by atoms with Crippen LogP contribution in [0.25, 0.3) is 17.2 Å². The number of carbonyl (C=O) groups is 1. The largest absolute Gasteiger partial charge is 0.384 e. The Kier molecular flexibility index (Phi) is 8.80. The maximum atomic E-state index is 13.2. The van der Waals surface area contributed by atoms with Gasteiger partial charge >= 0.3 is 0 Å². The zero-order valence-corrected chi connectivity index (χ0v) is 22.9. The highest BCUT2D eigenvalue weighted by Gasteiger charge is 2.17.